The summed E-state index contributed by atoms with van der Waals surface area (Å²) in [7, 11) is 0. The van der Waals surface area contributed by atoms with E-state index in [0.717, 1.165) is 6.54 Å². The van der Waals surface area contributed by atoms with Crippen LogP contribution in [0.15, 0.2) is 6.33 Å². The van der Waals surface area contributed by atoms with E-state index in [9.17, 15) is 0 Å². The van der Waals surface area contributed by atoms with Gasteiger partial charge in [0.1, 0.15) is 12.4 Å². The smallest absolute Gasteiger partial charge is 0.155 e. The zero-order valence-corrected chi connectivity index (χ0v) is 6.15. The molecule has 56 valence electrons. The van der Waals surface area contributed by atoms with Crippen molar-refractivity contribution >= 4 is 0 Å². The molecule has 0 spiro atoms. The maximum atomic E-state index is 9.10. The summed E-state index contributed by atoms with van der Waals surface area (Å²) in [4.78, 5) is 3.89. The summed E-state index contributed by atoms with van der Waals surface area (Å²) < 4.78 is 1.67. The first kappa shape index (κ1) is 7.21. The van der Waals surface area contributed by atoms with Crippen LogP contribution in [0.2, 0.25) is 0 Å². The third-order valence-electron chi connectivity index (χ3n) is 1.32. The molecule has 0 aliphatic heterocycles. The number of aliphatic hydroxyl groups excluding tert-OH is 1. The van der Waals surface area contributed by atoms with E-state index in [-0.39, 0.29) is 0 Å². The lowest BCUT2D eigenvalue weighted by atomic mass is 10.4. The summed E-state index contributed by atoms with van der Waals surface area (Å²) >= 11 is 0. The second-order valence-electron chi connectivity index (χ2n) is 2.11. The Balaban J connectivity index is 2.90. The second-order valence-corrected chi connectivity index (χ2v) is 2.11. The lowest BCUT2D eigenvalue weighted by Gasteiger charge is -2.03. The van der Waals surface area contributed by atoms with Crippen molar-refractivity contribution in [2.45, 2.75) is 26.5 Å². The molecule has 1 N–H and O–H groups in total. The van der Waals surface area contributed by atoms with Gasteiger partial charge < -0.3 is 5.11 Å². The van der Waals surface area contributed by atoms with Crippen LogP contribution in [0.1, 0.15) is 25.8 Å². The summed E-state index contributed by atoms with van der Waals surface area (Å²) in [6, 6.07) is 0. The summed E-state index contributed by atoms with van der Waals surface area (Å²) in [5, 5.41) is 13.0. The zero-order valence-electron chi connectivity index (χ0n) is 6.15. The first-order valence-electron chi connectivity index (χ1n) is 3.31. The van der Waals surface area contributed by atoms with Crippen molar-refractivity contribution in [2.75, 3.05) is 0 Å². The molecule has 0 aliphatic carbocycles. The van der Waals surface area contributed by atoms with Gasteiger partial charge in [-0.1, -0.05) is 0 Å². The predicted octanol–water partition coefficient (Wildman–Crippen LogP) is 0.351. The Hall–Kier alpha value is -0.900. The molecule has 0 saturated heterocycles. The largest absolute Gasteiger partial charge is 0.385 e. The molecule has 1 aromatic heterocycles. The molecular formula is C6H11N3O. The highest BCUT2D eigenvalue weighted by atomic mass is 16.3. The lowest BCUT2D eigenvalue weighted by Crippen LogP contribution is -2.06. The average Bonchev–Trinajstić information content (AvgIpc) is 2.33. The summed E-state index contributed by atoms with van der Waals surface area (Å²) in [5.41, 5.74) is 0. The Kier molecular flexibility index (Phi) is 2.01. The van der Waals surface area contributed by atoms with Gasteiger partial charge >= 0.3 is 0 Å². The van der Waals surface area contributed by atoms with E-state index in [1.807, 2.05) is 6.92 Å². The Bertz CT molecular complexity index is 207. The first-order valence-corrected chi connectivity index (χ1v) is 3.31. The minimum atomic E-state index is -0.526. The van der Waals surface area contributed by atoms with Gasteiger partial charge in [0.05, 0.1) is 0 Å². The SMILES string of the molecule is CCn1ncnc1[C@@H](C)O. The molecule has 0 radical (unpaired) electrons. The Morgan fingerprint density at radius 1 is 1.80 bits per heavy atom. The molecule has 4 nitrogen and oxygen atoms in total. The van der Waals surface area contributed by atoms with Gasteiger partial charge in [0.2, 0.25) is 0 Å². The molecule has 0 fully saturated rings. The molecule has 0 aromatic carbocycles. The molecule has 0 bridgehead atoms. The number of rotatable bonds is 2. The van der Waals surface area contributed by atoms with Crippen molar-refractivity contribution in [3.05, 3.63) is 12.2 Å². The standard InChI is InChI=1S/C6H11N3O/c1-3-9-6(5(2)10)7-4-8-9/h4-5,10H,3H2,1-2H3/t5-/m1/s1. The van der Waals surface area contributed by atoms with Crippen molar-refractivity contribution in [3.8, 4) is 0 Å². The van der Waals surface area contributed by atoms with Crippen molar-refractivity contribution in [1.29, 1.82) is 0 Å². The molecule has 1 heterocycles. The van der Waals surface area contributed by atoms with Gasteiger partial charge in [-0.15, -0.1) is 0 Å². The third-order valence-corrected chi connectivity index (χ3v) is 1.32. The van der Waals surface area contributed by atoms with Crippen molar-refractivity contribution in [3.63, 3.8) is 0 Å². The number of nitrogens with zero attached hydrogens (tertiary/aromatic N) is 3. The molecule has 1 rings (SSSR count). The lowest BCUT2D eigenvalue weighted by molar-refractivity contribution is 0.182. The molecule has 1 aromatic rings. The van der Waals surface area contributed by atoms with Gasteiger partial charge in [-0.05, 0) is 13.8 Å². The van der Waals surface area contributed by atoms with Crippen LogP contribution in [0.4, 0.5) is 0 Å². The van der Waals surface area contributed by atoms with E-state index in [1.54, 1.807) is 11.6 Å². The first-order chi connectivity index (χ1) is 4.75. The molecule has 4 heteroatoms. The molecule has 0 saturated carbocycles. The van der Waals surface area contributed by atoms with E-state index in [4.69, 9.17) is 5.11 Å². The fourth-order valence-corrected chi connectivity index (χ4v) is 0.840. The summed E-state index contributed by atoms with van der Waals surface area (Å²) in [5.74, 6) is 0.627. The highest BCUT2D eigenvalue weighted by molar-refractivity contribution is 4.87. The van der Waals surface area contributed by atoms with Crippen LogP contribution in [0.3, 0.4) is 0 Å². The molecule has 10 heavy (non-hydrogen) atoms. The highest BCUT2D eigenvalue weighted by Gasteiger charge is 2.06. The molecule has 0 amide bonds. The minimum Gasteiger partial charge on any atom is -0.385 e. The van der Waals surface area contributed by atoms with Gasteiger partial charge in [-0.3, -0.25) is 0 Å². The molecule has 1 atom stereocenters. The monoisotopic (exact) mass is 141 g/mol. The van der Waals surface area contributed by atoms with Crippen LogP contribution in [0, 0.1) is 0 Å². The van der Waals surface area contributed by atoms with E-state index in [1.165, 1.54) is 6.33 Å². The minimum absolute atomic E-state index is 0.526. The van der Waals surface area contributed by atoms with Crippen molar-refractivity contribution in [1.82, 2.24) is 14.8 Å². The second kappa shape index (κ2) is 2.79. The van der Waals surface area contributed by atoms with Crippen LogP contribution >= 0.6 is 0 Å². The van der Waals surface area contributed by atoms with Gasteiger partial charge in [-0.25, -0.2) is 9.67 Å². The Morgan fingerprint density at radius 2 is 2.50 bits per heavy atom. The number of aryl methyl sites for hydroxylation is 1. The normalized spacial score (nSPS) is 13.5. The van der Waals surface area contributed by atoms with Crippen LogP contribution in [-0.4, -0.2) is 19.9 Å². The fraction of sp³-hybridized carbons (Fsp3) is 0.667. The summed E-state index contributed by atoms with van der Waals surface area (Å²) in [6.45, 7) is 4.39. The van der Waals surface area contributed by atoms with Gasteiger partial charge in [0.15, 0.2) is 5.82 Å². The van der Waals surface area contributed by atoms with E-state index in [2.05, 4.69) is 10.1 Å². The van der Waals surface area contributed by atoms with Crippen LogP contribution in [-0.2, 0) is 6.54 Å². The predicted molar refractivity (Wildman–Crippen MR) is 36.3 cm³/mol. The Labute approximate surface area is 59.5 Å². The maximum absolute atomic E-state index is 9.10. The van der Waals surface area contributed by atoms with Crippen LogP contribution in [0.25, 0.3) is 0 Å². The number of aromatic nitrogens is 3. The van der Waals surface area contributed by atoms with Crippen molar-refractivity contribution in [2.24, 2.45) is 0 Å². The summed E-state index contributed by atoms with van der Waals surface area (Å²) in [6.07, 6.45) is 0.924. The van der Waals surface area contributed by atoms with Gasteiger partial charge in [-0.2, -0.15) is 5.10 Å². The quantitative estimate of drug-likeness (QED) is 0.646. The Morgan fingerprint density at radius 3 is 2.90 bits per heavy atom. The maximum Gasteiger partial charge on any atom is 0.155 e. The topological polar surface area (TPSA) is 50.9 Å². The zero-order chi connectivity index (χ0) is 7.56. The third kappa shape index (κ3) is 1.16. The molecular weight excluding hydrogens is 130 g/mol. The molecule has 0 unspecified atom stereocenters. The fourth-order valence-electron chi connectivity index (χ4n) is 0.840. The van der Waals surface area contributed by atoms with E-state index >= 15 is 0 Å². The van der Waals surface area contributed by atoms with Gasteiger partial charge in [0.25, 0.3) is 0 Å². The number of aliphatic hydroxyl groups is 1. The van der Waals surface area contributed by atoms with Crippen LogP contribution < -0.4 is 0 Å². The van der Waals surface area contributed by atoms with E-state index < -0.39 is 6.10 Å². The van der Waals surface area contributed by atoms with Gasteiger partial charge in [0, 0.05) is 6.54 Å². The number of hydrogen-bond donors (Lipinski definition) is 1. The average molecular weight is 141 g/mol. The van der Waals surface area contributed by atoms with Crippen LogP contribution in [0.5, 0.6) is 0 Å². The van der Waals surface area contributed by atoms with E-state index in [0.29, 0.717) is 5.82 Å². The molecule has 0 aliphatic rings. The number of hydrogen-bond acceptors (Lipinski definition) is 3. The highest BCUT2D eigenvalue weighted by Crippen LogP contribution is 2.05. The van der Waals surface area contributed by atoms with Crippen molar-refractivity contribution < 1.29 is 5.11 Å².